The highest BCUT2D eigenvalue weighted by Crippen LogP contribution is 2.41. The number of hydrogen-bond donors (Lipinski definition) is 1. The Kier molecular flexibility index (Phi) is 6.66. The average Bonchev–Trinajstić information content (AvgIpc) is 2.70. The molecule has 1 fully saturated rings. The quantitative estimate of drug-likeness (QED) is 0.388. The molecule has 10 heteroatoms. The average molecular weight is 467 g/mol. The normalized spacial score (nSPS) is 20.5. The second kappa shape index (κ2) is 8.92. The van der Waals surface area contributed by atoms with Crippen molar-refractivity contribution < 1.29 is 28.7 Å². The van der Waals surface area contributed by atoms with Crippen LogP contribution in [0.5, 0.6) is 5.75 Å². The molecule has 2 aliphatic heterocycles. The van der Waals surface area contributed by atoms with Crippen LogP contribution in [0.15, 0.2) is 35.5 Å². The molecule has 0 spiro atoms. The number of rotatable bonds is 6. The molecule has 1 aromatic carbocycles. The summed E-state index contributed by atoms with van der Waals surface area (Å²) in [5.74, 6) is -0.796. The number of fused-ring (bicyclic) bond motifs is 1. The van der Waals surface area contributed by atoms with Crippen molar-refractivity contribution in [2.45, 2.75) is 44.2 Å². The minimum absolute atomic E-state index is 0.0218. The van der Waals surface area contributed by atoms with Crippen molar-refractivity contribution >= 4 is 46.4 Å². The van der Waals surface area contributed by atoms with E-state index >= 15 is 0 Å². The number of thioether (sulfide) groups is 1. The second-order valence-corrected chi connectivity index (χ2v) is 9.53. The maximum absolute atomic E-state index is 12.8. The molecular formula is C21H23ClN2O6S. The summed E-state index contributed by atoms with van der Waals surface area (Å²) in [6, 6.07) is 6.23. The van der Waals surface area contributed by atoms with Gasteiger partial charge in [-0.25, -0.2) is 4.79 Å². The van der Waals surface area contributed by atoms with Crippen LogP contribution in [0.2, 0.25) is 0 Å². The first-order valence-corrected chi connectivity index (χ1v) is 11.0. The first-order chi connectivity index (χ1) is 14.5. The van der Waals surface area contributed by atoms with Crippen LogP contribution in [0.25, 0.3) is 0 Å². The molecule has 1 N–H and O–H groups in total. The van der Waals surface area contributed by atoms with Crippen LogP contribution < -0.4 is 10.1 Å². The number of amides is 2. The van der Waals surface area contributed by atoms with Crippen LogP contribution >= 0.6 is 23.4 Å². The predicted molar refractivity (Wildman–Crippen MR) is 115 cm³/mol. The van der Waals surface area contributed by atoms with Crippen molar-refractivity contribution in [3.05, 3.63) is 41.1 Å². The maximum Gasteiger partial charge on any atom is 0.356 e. The standard InChI is InChI=1S/C21H23ClN2O6S/c1-21(2,3)30-20(28)16-13(17(22)26)10-31-19-15(18(27)24(16)19)23-14(25)9-11-5-7-12(29-4)8-6-11/h5-8,15,19H,9-10H2,1-4H3,(H,23,25)/t15?,19-/m0/s1. The van der Waals surface area contributed by atoms with Crippen molar-refractivity contribution in [1.29, 1.82) is 0 Å². The summed E-state index contributed by atoms with van der Waals surface area (Å²) in [7, 11) is 1.56. The fraction of sp³-hybridized carbons (Fsp3) is 0.429. The number of halogens is 1. The molecule has 1 aromatic rings. The lowest BCUT2D eigenvalue weighted by Gasteiger charge is -2.49. The molecule has 166 valence electrons. The van der Waals surface area contributed by atoms with Crippen molar-refractivity contribution in [2.75, 3.05) is 12.9 Å². The molecule has 0 aromatic heterocycles. The summed E-state index contributed by atoms with van der Waals surface area (Å²) in [6.45, 7) is 5.05. The Morgan fingerprint density at radius 3 is 2.42 bits per heavy atom. The number of methoxy groups -OCH3 is 1. The molecule has 0 aliphatic carbocycles. The maximum atomic E-state index is 12.8. The summed E-state index contributed by atoms with van der Waals surface area (Å²) in [5.41, 5.74) is -0.176. The molecule has 2 amide bonds. The van der Waals surface area contributed by atoms with E-state index in [1.807, 2.05) is 0 Å². The minimum atomic E-state index is -0.815. The highest BCUT2D eigenvalue weighted by molar-refractivity contribution is 8.00. The third-order valence-electron chi connectivity index (χ3n) is 4.64. The number of β-lactam (4-membered cyclic amide) rings is 1. The Morgan fingerprint density at radius 1 is 1.23 bits per heavy atom. The lowest BCUT2D eigenvalue weighted by molar-refractivity contribution is -0.159. The van der Waals surface area contributed by atoms with Crippen molar-refractivity contribution in [1.82, 2.24) is 10.2 Å². The zero-order valence-electron chi connectivity index (χ0n) is 17.6. The van der Waals surface area contributed by atoms with Gasteiger partial charge in [0.2, 0.25) is 5.91 Å². The largest absolute Gasteiger partial charge is 0.497 e. The number of carbonyl (C=O) groups is 4. The van der Waals surface area contributed by atoms with Gasteiger partial charge in [-0.3, -0.25) is 19.3 Å². The lowest BCUT2D eigenvalue weighted by atomic mass is 10.0. The topological polar surface area (TPSA) is 102 Å². The van der Waals surface area contributed by atoms with Gasteiger partial charge in [0.15, 0.2) is 0 Å². The molecular weight excluding hydrogens is 444 g/mol. The fourth-order valence-electron chi connectivity index (χ4n) is 3.24. The third kappa shape index (κ3) is 5.04. The van der Waals surface area contributed by atoms with Crippen LogP contribution in [0, 0.1) is 0 Å². The van der Waals surface area contributed by atoms with Crippen molar-refractivity contribution in [3.63, 3.8) is 0 Å². The molecule has 2 aliphatic rings. The Morgan fingerprint density at radius 2 is 1.87 bits per heavy atom. The number of nitrogens with zero attached hydrogens (tertiary/aromatic N) is 1. The molecule has 0 saturated carbocycles. The van der Waals surface area contributed by atoms with Crippen molar-refractivity contribution in [2.24, 2.45) is 0 Å². The number of benzene rings is 1. The number of carbonyl (C=O) groups excluding carboxylic acids is 4. The summed E-state index contributed by atoms with van der Waals surface area (Å²) < 4.78 is 10.5. The predicted octanol–water partition coefficient (Wildman–Crippen LogP) is 2.00. The van der Waals surface area contributed by atoms with Gasteiger partial charge >= 0.3 is 5.97 Å². The summed E-state index contributed by atoms with van der Waals surface area (Å²) >= 11 is 6.91. The van der Waals surface area contributed by atoms with E-state index in [2.05, 4.69) is 5.32 Å². The Bertz CT molecular complexity index is 954. The van der Waals surface area contributed by atoms with Gasteiger partial charge in [0.1, 0.15) is 28.5 Å². The molecule has 1 unspecified atom stereocenters. The van der Waals surface area contributed by atoms with Gasteiger partial charge in [-0.2, -0.15) is 0 Å². The van der Waals surface area contributed by atoms with E-state index in [1.165, 1.54) is 16.7 Å². The highest BCUT2D eigenvalue weighted by Gasteiger charge is 2.55. The van der Waals surface area contributed by atoms with E-state index < -0.39 is 34.1 Å². The van der Waals surface area contributed by atoms with Gasteiger partial charge in [0, 0.05) is 5.75 Å². The van der Waals surface area contributed by atoms with E-state index in [9.17, 15) is 19.2 Å². The van der Waals surface area contributed by atoms with Crippen LogP contribution in [-0.2, 0) is 30.3 Å². The number of ether oxygens (including phenoxy) is 2. The van der Waals surface area contributed by atoms with Crippen LogP contribution in [0.1, 0.15) is 26.3 Å². The molecule has 2 atom stereocenters. The van der Waals surface area contributed by atoms with Gasteiger partial charge in [0.05, 0.1) is 19.1 Å². The fourth-order valence-corrected chi connectivity index (χ4v) is 4.81. The summed E-state index contributed by atoms with van der Waals surface area (Å²) in [5, 5.41) is 1.39. The van der Waals surface area contributed by atoms with Crippen LogP contribution in [0.4, 0.5) is 0 Å². The Labute approximate surface area is 189 Å². The van der Waals surface area contributed by atoms with E-state index in [-0.39, 0.29) is 29.4 Å². The minimum Gasteiger partial charge on any atom is -0.497 e. The highest BCUT2D eigenvalue weighted by atomic mass is 35.5. The van der Waals surface area contributed by atoms with E-state index in [4.69, 9.17) is 21.1 Å². The van der Waals surface area contributed by atoms with E-state index in [1.54, 1.807) is 52.1 Å². The van der Waals surface area contributed by atoms with Gasteiger partial charge in [-0.15, -0.1) is 11.8 Å². The van der Waals surface area contributed by atoms with Crippen LogP contribution in [-0.4, -0.2) is 57.8 Å². The van der Waals surface area contributed by atoms with Crippen LogP contribution in [0.3, 0.4) is 0 Å². The molecule has 2 heterocycles. The SMILES string of the molecule is COc1ccc(CC(=O)NC2C(=O)N3C(C(=O)OC(C)(C)C)=C(C(=O)Cl)CS[C@@H]23)cc1. The smallest absolute Gasteiger partial charge is 0.356 e. The lowest BCUT2D eigenvalue weighted by Crippen LogP contribution is -2.71. The molecule has 1 saturated heterocycles. The second-order valence-electron chi connectivity index (χ2n) is 8.08. The first-order valence-electron chi connectivity index (χ1n) is 9.55. The van der Waals surface area contributed by atoms with E-state index in [0.717, 1.165) is 5.56 Å². The molecule has 31 heavy (non-hydrogen) atoms. The number of esters is 1. The molecule has 0 radical (unpaired) electrons. The third-order valence-corrected chi connectivity index (χ3v) is 6.15. The van der Waals surface area contributed by atoms with Gasteiger partial charge in [0.25, 0.3) is 11.1 Å². The molecule has 8 nitrogen and oxygen atoms in total. The zero-order chi connectivity index (χ0) is 22.9. The summed E-state index contributed by atoms with van der Waals surface area (Å²) in [6.07, 6.45) is 0.0886. The number of nitrogens with one attached hydrogen (secondary N) is 1. The molecule has 3 rings (SSSR count). The zero-order valence-corrected chi connectivity index (χ0v) is 19.1. The molecule has 0 bridgehead atoms. The number of hydrogen-bond acceptors (Lipinski definition) is 7. The summed E-state index contributed by atoms with van der Waals surface area (Å²) in [4.78, 5) is 51.0. The van der Waals surface area contributed by atoms with Gasteiger partial charge < -0.3 is 14.8 Å². The van der Waals surface area contributed by atoms with Crippen molar-refractivity contribution in [3.8, 4) is 5.75 Å². The first kappa shape index (κ1) is 23.1. The Balaban J connectivity index is 1.72. The van der Waals surface area contributed by atoms with Gasteiger partial charge in [-0.1, -0.05) is 12.1 Å². The van der Waals surface area contributed by atoms with Gasteiger partial charge in [-0.05, 0) is 50.1 Å². The monoisotopic (exact) mass is 466 g/mol. The Hall–Kier alpha value is -2.52. The van der Waals surface area contributed by atoms with E-state index in [0.29, 0.717) is 5.75 Å².